The molecule has 0 radical (unpaired) electrons. The zero-order chi connectivity index (χ0) is 18.8. The lowest BCUT2D eigenvalue weighted by Crippen LogP contribution is -2.45. The Hall–Kier alpha value is -1.59. The Morgan fingerprint density at radius 1 is 1.15 bits per heavy atom. The molecular weight excluding hydrogens is 324 g/mol. The molecule has 0 amide bonds. The molecule has 0 aromatic heterocycles. The summed E-state index contributed by atoms with van der Waals surface area (Å²) in [6, 6.07) is 8.63. The van der Waals surface area contributed by atoms with E-state index in [-0.39, 0.29) is 5.60 Å². The largest absolute Gasteiger partial charge is 0.373 e. The third kappa shape index (κ3) is 6.29. The van der Waals surface area contributed by atoms with E-state index in [9.17, 15) is 0 Å². The van der Waals surface area contributed by atoms with E-state index in [4.69, 9.17) is 9.73 Å². The number of hydrogen-bond acceptors (Lipinski definition) is 3. The van der Waals surface area contributed by atoms with Crippen LogP contribution in [0.4, 0.5) is 0 Å². The van der Waals surface area contributed by atoms with Gasteiger partial charge in [0.25, 0.3) is 0 Å². The second-order valence-electron chi connectivity index (χ2n) is 7.18. The highest BCUT2D eigenvalue weighted by Crippen LogP contribution is 2.23. The summed E-state index contributed by atoms with van der Waals surface area (Å²) in [6.07, 6.45) is 2.25. The van der Waals surface area contributed by atoms with Crippen LogP contribution in [0, 0.1) is 0 Å². The van der Waals surface area contributed by atoms with Gasteiger partial charge in [0.2, 0.25) is 0 Å². The summed E-state index contributed by atoms with van der Waals surface area (Å²) < 4.78 is 5.87. The number of guanidine groups is 1. The molecule has 1 aromatic rings. The normalized spacial score (nSPS) is 20.6. The van der Waals surface area contributed by atoms with Crippen molar-refractivity contribution in [1.29, 1.82) is 0 Å². The Morgan fingerprint density at radius 2 is 1.88 bits per heavy atom. The van der Waals surface area contributed by atoms with Crippen molar-refractivity contribution in [2.45, 2.75) is 59.2 Å². The molecule has 2 rings (SSSR count). The van der Waals surface area contributed by atoms with E-state index in [1.807, 2.05) is 0 Å². The number of rotatable bonds is 9. The quantitative estimate of drug-likeness (QED) is 0.525. The molecule has 0 aliphatic carbocycles. The number of nitrogens with one attached hydrogen (secondary N) is 2. The van der Waals surface area contributed by atoms with Crippen molar-refractivity contribution >= 4 is 5.96 Å². The predicted octanol–water partition coefficient (Wildman–Crippen LogP) is 3.15. The molecule has 0 saturated carbocycles. The molecule has 5 nitrogen and oxygen atoms in total. The lowest BCUT2D eigenvalue weighted by atomic mass is 10.0. The van der Waals surface area contributed by atoms with Gasteiger partial charge in [0.05, 0.1) is 12.1 Å². The summed E-state index contributed by atoms with van der Waals surface area (Å²) in [5.41, 5.74) is 2.58. The Kier molecular flexibility index (Phi) is 8.39. The van der Waals surface area contributed by atoms with Gasteiger partial charge in [0.1, 0.15) is 0 Å². The average molecular weight is 361 g/mol. The van der Waals surface area contributed by atoms with E-state index in [2.05, 4.69) is 67.5 Å². The van der Waals surface area contributed by atoms with Gasteiger partial charge in [0, 0.05) is 26.2 Å². The van der Waals surface area contributed by atoms with Gasteiger partial charge in [0.15, 0.2) is 5.96 Å². The molecular formula is C21H36N4O. The standard InChI is InChI=1S/C21H36N4O/c1-5-22-20(24-17-21(4)13-10-14-26-21)23-15-18-11-8-9-12-19(18)16-25(6-2)7-3/h8-9,11-12H,5-7,10,13-17H2,1-4H3,(H2,22,23,24). The minimum Gasteiger partial charge on any atom is -0.373 e. The molecule has 1 aromatic carbocycles. The zero-order valence-electron chi connectivity index (χ0n) is 17.0. The Morgan fingerprint density at radius 3 is 2.50 bits per heavy atom. The van der Waals surface area contributed by atoms with Crippen molar-refractivity contribution in [2.24, 2.45) is 4.99 Å². The fourth-order valence-corrected chi connectivity index (χ4v) is 3.31. The van der Waals surface area contributed by atoms with Crippen LogP contribution in [0.15, 0.2) is 29.3 Å². The molecule has 1 fully saturated rings. The van der Waals surface area contributed by atoms with Crippen LogP contribution in [0.2, 0.25) is 0 Å². The van der Waals surface area contributed by atoms with Gasteiger partial charge in [-0.3, -0.25) is 4.90 Å². The van der Waals surface area contributed by atoms with Crippen molar-refractivity contribution in [3.8, 4) is 0 Å². The minimum atomic E-state index is -0.0726. The third-order valence-corrected chi connectivity index (χ3v) is 5.09. The van der Waals surface area contributed by atoms with Crippen molar-refractivity contribution in [2.75, 3.05) is 32.8 Å². The lowest BCUT2D eigenvalue weighted by Gasteiger charge is -2.24. The maximum Gasteiger partial charge on any atom is 0.191 e. The first-order chi connectivity index (χ1) is 12.6. The Labute approximate surface area is 159 Å². The van der Waals surface area contributed by atoms with Crippen molar-refractivity contribution < 1.29 is 4.74 Å². The van der Waals surface area contributed by atoms with Crippen molar-refractivity contribution in [3.63, 3.8) is 0 Å². The first-order valence-corrected chi connectivity index (χ1v) is 10.1. The molecule has 1 aliphatic rings. The van der Waals surface area contributed by atoms with Gasteiger partial charge in [-0.2, -0.15) is 0 Å². The van der Waals surface area contributed by atoms with Crippen LogP contribution in [-0.4, -0.2) is 49.2 Å². The first-order valence-electron chi connectivity index (χ1n) is 10.1. The topological polar surface area (TPSA) is 48.9 Å². The summed E-state index contributed by atoms with van der Waals surface area (Å²) in [4.78, 5) is 7.25. The molecule has 1 atom stereocenters. The van der Waals surface area contributed by atoms with Gasteiger partial charge in [-0.15, -0.1) is 0 Å². The molecule has 0 bridgehead atoms. The Bertz CT molecular complexity index is 563. The van der Waals surface area contributed by atoms with Crippen LogP contribution in [0.25, 0.3) is 0 Å². The summed E-state index contributed by atoms with van der Waals surface area (Å²) >= 11 is 0. The number of aliphatic imine (C=N–C) groups is 1. The molecule has 5 heteroatoms. The van der Waals surface area contributed by atoms with Gasteiger partial charge < -0.3 is 15.4 Å². The van der Waals surface area contributed by atoms with E-state index in [0.29, 0.717) is 6.54 Å². The highest BCUT2D eigenvalue weighted by Gasteiger charge is 2.29. The van der Waals surface area contributed by atoms with Crippen molar-refractivity contribution in [3.05, 3.63) is 35.4 Å². The van der Waals surface area contributed by atoms with E-state index < -0.39 is 0 Å². The molecule has 26 heavy (non-hydrogen) atoms. The van der Waals surface area contributed by atoms with Gasteiger partial charge in [-0.25, -0.2) is 4.99 Å². The zero-order valence-corrected chi connectivity index (χ0v) is 17.0. The van der Waals surface area contributed by atoms with Gasteiger partial charge in [-0.05, 0) is 50.9 Å². The molecule has 1 aliphatic heterocycles. The van der Waals surface area contributed by atoms with Crippen LogP contribution in [0.1, 0.15) is 51.7 Å². The second kappa shape index (κ2) is 10.5. The van der Waals surface area contributed by atoms with E-state index in [1.54, 1.807) is 0 Å². The highest BCUT2D eigenvalue weighted by atomic mass is 16.5. The van der Waals surface area contributed by atoms with Gasteiger partial charge >= 0.3 is 0 Å². The second-order valence-corrected chi connectivity index (χ2v) is 7.18. The van der Waals surface area contributed by atoms with E-state index in [0.717, 1.165) is 58.1 Å². The molecule has 1 heterocycles. The first kappa shape index (κ1) is 20.7. The van der Waals surface area contributed by atoms with Gasteiger partial charge in [-0.1, -0.05) is 38.1 Å². The fourth-order valence-electron chi connectivity index (χ4n) is 3.31. The minimum absolute atomic E-state index is 0.0726. The summed E-state index contributed by atoms with van der Waals surface area (Å²) in [7, 11) is 0. The van der Waals surface area contributed by atoms with E-state index >= 15 is 0 Å². The van der Waals surface area contributed by atoms with Crippen molar-refractivity contribution in [1.82, 2.24) is 15.5 Å². The Balaban J connectivity index is 2.01. The predicted molar refractivity (Wildman–Crippen MR) is 109 cm³/mol. The molecule has 0 spiro atoms. The molecule has 2 N–H and O–H groups in total. The fraction of sp³-hybridized carbons (Fsp3) is 0.667. The third-order valence-electron chi connectivity index (χ3n) is 5.09. The number of ether oxygens (including phenoxy) is 1. The molecule has 1 saturated heterocycles. The van der Waals surface area contributed by atoms with Crippen LogP contribution in [0.3, 0.4) is 0 Å². The number of hydrogen-bond donors (Lipinski definition) is 2. The summed E-state index contributed by atoms with van der Waals surface area (Å²) in [5.74, 6) is 0.863. The monoisotopic (exact) mass is 360 g/mol. The number of nitrogens with zero attached hydrogens (tertiary/aromatic N) is 2. The maximum absolute atomic E-state index is 5.87. The SMILES string of the molecule is CCNC(=NCc1ccccc1CN(CC)CC)NCC1(C)CCCO1. The average Bonchev–Trinajstić information content (AvgIpc) is 3.09. The van der Waals surface area contributed by atoms with Crippen LogP contribution in [-0.2, 0) is 17.8 Å². The lowest BCUT2D eigenvalue weighted by molar-refractivity contribution is 0.0243. The summed E-state index contributed by atoms with van der Waals surface area (Å²) in [5, 5.41) is 6.81. The van der Waals surface area contributed by atoms with E-state index in [1.165, 1.54) is 11.1 Å². The van der Waals surface area contributed by atoms with Crippen LogP contribution in [0.5, 0.6) is 0 Å². The number of benzene rings is 1. The highest BCUT2D eigenvalue weighted by molar-refractivity contribution is 5.79. The molecule has 1 unspecified atom stereocenters. The molecule has 146 valence electrons. The van der Waals surface area contributed by atoms with Crippen LogP contribution < -0.4 is 10.6 Å². The van der Waals surface area contributed by atoms with Crippen LogP contribution >= 0.6 is 0 Å². The smallest absolute Gasteiger partial charge is 0.191 e. The maximum atomic E-state index is 5.87. The summed E-state index contributed by atoms with van der Waals surface area (Å²) in [6.45, 7) is 15.0.